The molecule has 1 aromatic heterocycles. The SMILES string of the molecule is CC(CNC(C)(C)C)C(C)c1cccc2ccncc12. The average molecular weight is 270 g/mol. The maximum atomic E-state index is 4.28. The summed E-state index contributed by atoms with van der Waals surface area (Å²) in [6.45, 7) is 12.3. The minimum atomic E-state index is 0.175. The average Bonchev–Trinajstić information content (AvgIpc) is 2.42. The quantitative estimate of drug-likeness (QED) is 0.892. The number of nitrogens with zero attached hydrogens (tertiary/aromatic N) is 1. The Morgan fingerprint density at radius 2 is 1.90 bits per heavy atom. The highest BCUT2D eigenvalue weighted by Crippen LogP contribution is 2.30. The van der Waals surface area contributed by atoms with Crippen LogP contribution in [0, 0.1) is 5.92 Å². The van der Waals surface area contributed by atoms with Crippen molar-refractivity contribution in [3.8, 4) is 0 Å². The van der Waals surface area contributed by atoms with Gasteiger partial charge in [0.25, 0.3) is 0 Å². The molecule has 1 aromatic carbocycles. The summed E-state index contributed by atoms with van der Waals surface area (Å²) < 4.78 is 0. The van der Waals surface area contributed by atoms with Gasteiger partial charge < -0.3 is 5.32 Å². The molecule has 0 radical (unpaired) electrons. The minimum absolute atomic E-state index is 0.175. The van der Waals surface area contributed by atoms with Crippen LogP contribution in [0.3, 0.4) is 0 Å². The predicted octanol–water partition coefficient (Wildman–Crippen LogP) is 4.36. The number of hydrogen-bond acceptors (Lipinski definition) is 2. The second kappa shape index (κ2) is 5.92. The van der Waals surface area contributed by atoms with E-state index in [1.165, 1.54) is 16.3 Å². The van der Waals surface area contributed by atoms with E-state index in [1.807, 2.05) is 12.4 Å². The molecular formula is C18H26N2. The van der Waals surface area contributed by atoms with Gasteiger partial charge in [0, 0.05) is 23.3 Å². The molecule has 2 aromatic rings. The Hall–Kier alpha value is -1.41. The van der Waals surface area contributed by atoms with Gasteiger partial charge in [-0.05, 0) is 56.2 Å². The molecule has 0 fully saturated rings. The molecule has 0 aliphatic carbocycles. The molecule has 108 valence electrons. The molecule has 2 unspecified atom stereocenters. The normalized spacial score (nSPS) is 15.2. The van der Waals surface area contributed by atoms with Crippen molar-refractivity contribution in [2.75, 3.05) is 6.54 Å². The van der Waals surface area contributed by atoms with Gasteiger partial charge in [0.05, 0.1) is 0 Å². The van der Waals surface area contributed by atoms with Crippen LogP contribution < -0.4 is 5.32 Å². The van der Waals surface area contributed by atoms with Crippen LogP contribution in [0.25, 0.3) is 10.8 Å². The number of rotatable bonds is 4. The third kappa shape index (κ3) is 3.57. The van der Waals surface area contributed by atoms with Crippen molar-refractivity contribution in [2.24, 2.45) is 5.92 Å². The molecule has 2 atom stereocenters. The summed E-state index contributed by atoms with van der Waals surface area (Å²) in [4.78, 5) is 4.28. The molecule has 0 aliphatic rings. The highest BCUT2D eigenvalue weighted by molar-refractivity contribution is 5.85. The second-order valence-electron chi connectivity index (χ2n) is 6.84. The molecule has 1 N–H and O–H groups in total. The van der Waals surface area contributed by atoms with Gasteiger partial charge in [0.15, 0.2) is 0 Å². The zero-order chi connectivity index (χ0) is 14.8. The monoisotopic (exact) mass is 270 g/mol. The Labute approximate surface area is 122 Å². The summed E-state index contributed by atoms with van der Waals surface area (Å²) in [5, 5.41) is 6.17. The number of hydrogen-bond donors (Lipinski definition) is 1. The lowest BCUT2D eigenvalue weighted by Gasteiger charge is -2.27. The number of pyridine rings is 1. The van der Waals surface area contributed by atoms with E-state index in [2.05, 4.69) is 69.2 Å². The van der Waals surface area contributed by atoms with Crippen molar-refractivity contribution >= 4 is 10.8 Å². The van der Waals surface area contributed by atoms with Gasteiger partial charge in [-0.3, -0.25) is 4.98 Å². The minimum Gasteiger partial charge on any atom is -0.312 e. The maximum Gasteiger partial charge on any atom is 0.0349 e. The van der Waals surface area contributed by atoms with E-state index >= 15 is 0 Å². The smallest absolute Gasteiger partial charge is 0.0349 e. The van der Waals surface area contributed by atoms with E-state index in [0.717, 1.165) is 6.54 Å². The molecule has 1 heterocycles. The second-order valence-corrected chi connectivity index (χ2v) is 6.84. The topological polar surface area (TPSA) is 24.9 Å². The number of aromatic nitrogens is 1. The molecule has 0 saturated heterocycles. The summed E-state index contributed by atoms with van der Waals surface area (Å²) in [6, 6.07) is 8.63. The number of fused-ring (bicyclic) bond motifs is 1. The highest BCUT2D eigenvalue weighted by atomic mass is 14.9. The van der Waals surface area contributed by atoms with E-state index in [-0.39, 0.29) is 5.54 Å². The fraction of sp³-hybridized carbons (Fsp3) is 0.500. The molecular weight excluding hydrogens is 244 g/mol. The molecule has 0 spiro atoms. The zero-order valence-corrected chi connectivity index (χ0v) is 13.3. The lowest BCUT2D eigenvalue weighted by Crippen LogP contribution is -2.39. The van der Waals surface area contributed by atoms with Crippen LogP contribution in [0.1, 0.15) is 46.1 Å². The summed E-state index contributed by atoms with van der Waals surface area (Å²) in [5.74, 6) is 1.10. The first-order valence-corrected chi connectivity index (χ1v) is 7.46. The molecule has 2 rings (SSSR count). The van der Waals surface area contributed by atoms with Gasteiger partial charge in [-0.15, -0.1) is 0 Å². The van der Waals surface area contributed by atoms with Crippen molar-refractivity contribution < 1.29 is 0 Å². The molecule has 0 bridgehead atoms. The van der Waals surface area contributed by atoms with Gasteiger partial charge in [-0.2, -0.15) is 0 Å². The van der Waals surface area contributed by atoms with Crippen molar-refractivity contribution in [2.45, 2.75) is 46.1 Å². The van der Waals surface area contributed by atoms with Gasteiger partial charge in [0.2, 0.25) is 0 Å². The van der Waals surface area contributed by atoms with Crippen LogP contribution in [0.5, 0.6) is 0 Å². The van der Waals surface area contributed by atoms with Crippen LogP contribution >= 0.6 is 0 Å². The van der Waals surface area contributed by atoms with Crippen molar-refractivity contribution in [1.29, 1.82) is 0 Å². The molecule has 20 heavy (non-hydrogen) atoms. The lowest BCUT2D eigenvalue weighted by molar-refractivity contribution is 0.360. The first-order valence-electron chi connectivity index (χ1n) is 7.46. The van der Waals surface area contributed by atoms with Gasteiger partial charge in [-0.25, -0.2) is 0 Å². The Balaban J connectivity index is 2.20. The third-order valence-corrected chi connectivity index (χ3v) is 4.02. The molecule has 0 aliphatic heterocycles. The Kier molecular flexibility index (Phi) is 4.44. The van der Waals surface area contributed by atoms with Crippen molar-refractivity contribution in [1.82, 2.24) is 10.3 Å². The fourth-order valence-corrected chi connectivity index (χ4v) is 2.48. The van der Waals surface area contributed by atoms with Crippen LogP contribution in [0.4, 0.5) is 0 Å². The number of nitrogens with one attached hydrogen (secondary N) is 1. The largest absolute Gasteiger partial charge is 0.312 e. The Morgan fingerprint density at radius 1 is 1.15 bits per heavy atom. The molecule has 2 nitrogen and oxygen atoms in total. The summed E-state index contributed by atoms with van der Waals surface area (Å²) in [5.41, 5.74) is 1.58. The van der Waals surface area contributed by atoms with E-state index in [1.54, 1.807) is 0 Å². The van der Waals surface area contributed by atoms with E-state index < -0.39 is 0 Å². The Morgan fingerprint density at radius 3 is 2.60 bits per heavy atom. The predicted molar refractivity (Wildman–Crippen MR) is 87.1 cm³/mol. The van der Waals surface area contributed by atoms with Crippen LogP contribution in [0.15, 0.2) is 36.7 Å². The first-order chi connectivity index (χ1) is 9.38. The van der Waals surface area contributed by atoms with Crippen LogP contribution in [0.2, 0.25) is 0 Å². The zero-order valence-electron chi connectivity index (χ0n) is 13.3. The first kappa shape index (κ1) is 15.0. The van der Waals surface area contributed by atoms with Crippen molar-refractivity contribution in [3.05, 3.63) is 42.2 Å². The van der Waals surface area contributed by atoms with Gasteiger partial charge in [-0.1, -0.05) is 32.0 Å². The van der Waals surface area contributed by atoms with Gasteiger partial charge >= 0.3 is 0 Å². The molecule has 0 saturated carbocycles. The number of benzene rings is 1. The standard InChI is InChI=1S/C18H26N2/c1-13(11-20-18(3,4)5)14(2)16-8-6-7-15-9-10-19-12-17(15)16/h6-10,12-14,20H,11H2,1-5H3. The van der Waals surface area contributed by atoms with Crippen LogP contribution in [-0.4, -0.2) is 17.1 Å². The van der Waals surface area contributed by atoms with E-state index in [0.29, 0.717) is 11.8 Å². The van der Waals surface area contributed by atoms with Crippen LogP contribution in [-0.2, 0) is 0 Å². The highest BCUT2D eigenvalue weighted by Gasteiger charge is 2.18. The van der Waals surface area contributed by atoms with Gasteiger partial charge in [0.1, 0.15) is 0 Å². The summed E-state index contributed by atoms with van der Waals surface area (Å²) in [6.07, 6.45) is 3.85. The third-order valence-electron chi connectivity index (χ3n) is 4.02. The van der Waals surface area contributed by atoms with E-state index in [4.69, 9.17) is 0 Å². The summed E-state index contributed by atoms with van der Waals surface area (Å²) in [7, 11) is 0. The van der Waals surface area contributed by atoms with E-state index in [9.17, 15) is 0 Å². The lowest BCUT2D eigenvalue weighted by atomic mass is 9.86. The fourth-order valence-electron chi connectivity index (χ4n) is 2.48. The molecule has 2 heteroatoms. The molecule has 0 amide bonds. The maximum absolute atomic E-state index is 4.28. The summed E-state index contributed by atoms with van der Waals surface area (Å²) >= 11 is 0. The Bertz CT molecular complexity index is 564. The van der Waals surface area contributed by atoms with Crippen molar-refractivity contribution in [3.63, 3.8) is 0 Å².